The Morgan fingerprint density at radius 2 is 1.67 bits per heavy atom. The molecule has 0 aliphatic carbocycles. The van der Waals surface area contributed by atoms with Crippen LogP contribution >= 0.6 is 0 Å². The van der Waals surface area contributed by atoms with E-state index in [1.807, 2.05) is 18.2 Å². The van der Waals surface area contributed by atoms with E-state index < -0.39 is 0 Å². The minimum atomic E-state index is 0.242. The molecule has 0 bridgehead atoms. The zero-order chi connectivity index (χ0) is 14.8. The molecule has 1 N–H and O–H groups in total. The van der Waals surface area contributed by atoms with Gasteiger partial charge in [-0.15, -0.1) is 0 Å². The Morgan fingerprint density at radius 1 is 0.905 bits per heavy atom. The van der Waals surface area contributed by atoms with Crippen molar-refractivity contribution in [3.63, 3.8) is 0 Å². The number of benzene rings is 2. The highest BCUT2D eigenvalue weighted by Gasteiger charge is 2.13. The quantitative estimate of drug-likeness (QED) is 0.913. The zero-order valence-electron chi connectivity index (χ0n) is 12.8. The second-order valence-electron chi connectivity index (χ2n) is 5.57. The second kappa shape index (κ2) is 5.68. The lowest BCUT2D eigenvalue weighted by atomic mass is 10.0. The fourth-order valence-corrected chi connectivity index (χ4v) is 2.50. The molecule has 3 nitrogen and oxygen atoms in total. The van der Waals surface area contributed by atoms with E-state index in [1.165, 1.54) is 16.7 Å². The summed E-state index contributed by atoms with van der Waals surface area (Å²) >= 11 is 0. The molecule has 1 atom stereocenters. The summed E-state index contributed by atoms with van der Waals surface area (Å²) in [6, 6.07) is 12.8. The Bertz CT molecular complexity index is 652. The van der Waals surface area contributed by atoms with Crippen LogP contribution in [0.5, 0.6) is 11.5 Å². The van der Waals surface area contributed by atoms with Gasteiger partial charge in [0.25, 0.3) is 0 Å². The SMILES string of the molecule is Cc1ccc(C(C)Nc2ccc3c(c2)OCCO3)cc1C. The molecule has 0 saturated carbocycles. The summed E-state index contributed by atoms with van der Waals surface area (Å²) in [5.41, 5.74) is 4.98. The normalized spacial score (nSPS) is 14.6. The maximum atomic E-state index is 5.62. The van der Waals surface area contributed by atoms with Gasteiger partial charge in [-0.1, -0.05) is 18.2 Å². The van der Waals surface area contributed by atoms with Gasteiger partial charge in [-0.25, -0.2) is 0 Å². The third kappa shape index (κ3) is 2.97. The average Bonchev–Trinajstić information content (AvgIpc) is 2.50. The van der Waals surface area contributed by atoms with Crippen LogP contribution in [0.1, 0.15) is 29.7 Å². The van der Waals surface area contributed by atoms with E-state index in [4.69, 9.17) is 9.47 Å². The van der Waals surface area contributed by atoms with Gasteiger partial charge in [-0.3, -0.25) is 0 Å². The molecule has 1 aliphatic rings. The van der Waals surface area contributed by atoms with Gasteiger partial charge in [0.15, 0.2) is 11.5 Å². The zero-order valence-corrected chi connectivity index (χ0v) is 12.8. The number of nitrogens with one attached hydrogen (secondary N) is 1. The predicted molar refractivity (Wildman–Crippen MR) is 85.4 cm³/mol. The van der Waals surface area contributed by atoms with Crippen LogP contribution in [0.3, 0.4) is 0 Å². The largest absolute Gasteiger partial charge is 0.486 e. The van der Waals surface area contributed by atoms with Crippen molar-refractivity contribution in [1.29, 1.82) is 0 Å². The number of rotatable bonds is 3. The summed E-state index contributed by atoms with van der Waals surface area (Å²) < 4.78 is 11.2. The van der Waals surface area contributed by atoms with Crippen molar-refractivity contribution in [3.8, 4) is 11.5 Å². The Kier molecular flexibility index (Phi) is 3.74. The summed E-state index contributed by atoms with van der Waals surface area (Å²) in [6.07, 6.45) is 0. The molecule has 3 heteroatoms. The predicted octanol–water partition coefficient (Wildman–Crippen LogP) is 4.25. The summed E-state index contributed by atoms with van der Waals surface area (Å²) in [5.74, 6) is 1.64. The molecular weight excluding hydrogens is 262 g/mol. The van der Waals surface area contributed by atoms with Crippen LogP contribution in [0.15, 0.2) is 36.4 Å². The van der Waals surface area contributed by atoms with Crippen molar-refractivity contribution < 1.29 is 9.47 Å². The Hall–Kier alpha value is -2.16. The highest BCUT2D eigenvalue weighted by atomic mass is 16.6. The van der Waals surface area contributed by atoms with Crippen molar-refractivity contribution in [2.45, 2.75) is 26.8 Å². The third-order valence-electron chi connectivity index (χ3n) is 3.96. The van der Waals surface area contributed by atoms with Crippen molar-refractivity contribution in [1.82, 2.24) is 0 Å². The molecule has 1 aliphatic heterocycles. The molecule has 1 heterocycles. The fraction of sp³-hybridized carbons (Fsp3) is 0.333. The van der Waals surface area contributed by atoms with Crippen molar-refractivity contribution >= 4 is 5.69 Å². The molecule has 0 aromatic heterocycles. The van der Waals surface area contributed by atoms with Crippen LogP contribution in [0.4, 0.5) is 5.69 Å². The molecule has 1 unspecified atom stereocenters. The molecule has 3 rings (SSSR count). The smallest absolute Gasteiger partial charge is 0.163 e. The van der Waals surface area contributed by atoms with Gasteiger partial charge in [-0.2, -0.15) is 0 Å². The topological polar surface area (TPSA) is 30.5 Å². The van der Waals surface area contributed by atoms with Gasteiger partial charge >= 0.3 is 0 Å². The van der Waals surface area contributed by atoms with Gasteiger partial charge in [0, 0.05) is 17.8 Å². The summed E-state index contributed by atoms with van der Waals surface area (Å²) in [5, 5.41) is 3.52. The van der Waals surface area contributed by atoms with Crippen molar-refractivity contribution in [2.75, 3.05) is 18.5 Å². The van der Waals surface area contributed by atoms with Gasteiger partial charge in [0.1, 0.15) is 13.2 Å². The fourth-order valence-electron chi connectivity index (χ4n) is 2.50. The van der Waals surface area contributed by atoms with Gasteiger partial charge < -0.3 is 14.8 Å². The monoisotopic (exact) mass is 283 g/mol. The Balaban J connectivity index is 1.77. The number of fused-ring (bicyclic) bond motifs is 1. The van der Waals surface area contributed by atoms with Crippen molar-refractivity contribution in [3.05, 3.63) is 53.1 Å². The third-order valence-corrected chi connectivity index (χ3v) is 3.96. The van der Waals surface area contributed by atoms with Gasteiger partial charge in [0.2, 0.25) is 0 Å². The lowest BCUT2D eigenvalue weighted by Gasteiger charge is -2.21. The van der Waals surface area contributed by atoms with E-state index >= 15 is 0 Å². The van der Waals surface area contributed by atoms with E-state index in [0.29, 0.717) is 13.2 Å². The number of hydrogen-bond acceptors (Lipinski definition) is 3. The molecular formula is C18H21NO2. The molecule has 0 radical (unpaired) electrons. The first-order chi connectivity index (χ1) is 10.1. The maximum Gasteiger partial charge on any atom is 0.163 e. The average molecular weight is 283 g/mol. The first-order valence-electron chi connectivity index (χ1n) is 7.37. The Labute approximate surface area is 125 Å². The van der Waals surface area contributed by atoms with Crippen LogP contribution in [0.25, 0.3) is 0 Å². The van der Waals surface area contributed by atoms with Gasteiger partial charge in [0.05, 0.1) is 0 Å². The van der Waals surface area contributed by atoms with E-state index in [2.05, 4.69) is 44.3 Å². The molecule has 21 heavy (non-hydrogen) atoms. The highest BCUT2D eigenvalue weighted by Crippen LogP contribution is 2.33. The van der Waals surface area contributed by atoms with E-state index in [-0.39, 0.29) is 6.04 Å². The lowest BCUT2D eigenvalue weighted by molar-refractivity contribution is 0.171. The van der Waals surface area contributed by atoms with Crippen LogP contribution < -0.4 is 14.8 Å². The van der Waals surface area contributed by atoms with Crippen molar-refractivity contribution in [2.24, 2.45) is 0 Å². The number of aryl methyl sites for hydroxylation is 2. The molecule has 110 valence electrons. The summed E-state index contributed by atoms with van der Waals surface area (Å²) in [6.45, 7) is 7.69. The van der Waals surface area contributed by atoms with Crippen LogP contribution in [0.2, 0.25) is 0 Å². The standard InChI is InChI=1S/C18H21NO2/c1-12-4-5-15(10-13(12)2)14(3)19-16-6-7-17-18(11-16)21-9-8-20-17/h4-7,10-11,14,19H,8-9H2,1-3H3. The second-order valence-corrected chi connectivity index (χ2v) is 5.57. The number of ether oxygens (including phenoxy) is 2. The lowest BCUT2D eigenvalue weighted by Crippen LogP contribution is -2.15. The first-order valence-corrected chi connectivity index (χ1v) is 7.37. The molecule has 2 aromatic rings. The number of hydrogen-bond donors (Lipinski definition) is 1. The van der Waals surface area contributed by atoms with Crippen LogP contribution in [-0.2, 0) is 0 Å². The molecule has 2 aromatic carbocycles. The van der Waals surface area contributed by atoms with E-state index in [0.717, 1.165) is 17.2 Å². The molecule has 0 spiro atoms. The Morgan fingerprint density at radius 3 is 2.43 bits per heavy atom. The molecule has 0 amide bonds. The van der Waals surface area contributed by atoms with E-state index in [1.54, 1.807) is 0 Å². The first kappa shape index (κ1) is 13.8. The molecule has 0 saturated heterocycles. The van der Waals surface area contributed by atoms with Crippen LogP contribution in [-0.4, -0.2) is 13.2 Å². The minimum absolute atomic E-state index is 0.242. The highest BCUT2D eigenvalue weighted by molar-refractivity contribution is 5.56. The summed E-state index contributed by atoms with van der Waals surface area (Å²) in [7, 11) is 0. The van der Waals surface area contributed by atoms with E-state index in [9.17, 15) is 0 Å². The summed E-state index contributed by atoms with van der Waals surface area (Å²) in [4.78, 5) is 0. The maximum absolute atomic E-state index is 5.62. The van der Waals surface area contributed by atoms with Crippen LogP contribution in [0, 0.1) is 13.8 Å². The minimum Gasteiger partial charge on any atom is -0.486 e. The molecule has 0 fully saturated rings. The number of anilines is 1. The van der Waals surface area contributed by atoms with Gasteiger partial charge in [-0.05, 0) is 49.6 Å².